The molecule has 0 saturated heterocycles. The number of aromatic nitrogens is 1. The van der Waals surface area contributed by atoms with Crippen molar-refractivity contribution in [3.8, 4) is 6.07 Å². The second kappa shape index (κ2) is 4.83. The highest BCUT2D eigenvalue weighted by atomic mass is 14.7. The van der Waals surface area contributed by atoms with Crippen LogP contribution in [0.4, 0.5) is 0 Å². The van der Waals surface area contributed by atoms with Crippen molar-refractivity contribution >= 4 is 16.5 Å². The molecule has 90 valence electrons. The number of H-pyrrole nitrogens is 1. The van der Waals surface area contributed by atoms with Crippen LogP contribution in [-0.4, -0.2) is 4.98 Å². The van der Waals surface area contributed by atoms with Gasteiger partial charge in [0.15, 0.2) is 0 Å². The Labute approximate surface area is 111 Å². The fourth-order valence-electron chi connectivity index (χ4n) is 2.29. The number of hydrogen-bond acceptors (Lipinski definition) is 1. The van der Waals surface area contributed by atoms with Gasteiger partial charge in [0.2, 0.25) is 0 Å². The molecule has 0 aliphatic carbocycles. The monoisotopic (exact) mass is 244 g/mol. The summed E-state index contributed by atoms with van der Waals surface area (Å²) >= 11 is 0. The molecule has 0 fully saturated rings. The normalized spacial score (nSPS) is 11.4. The largest absolute Gasteiger partial charge is 0.361 e. The van der Waals surface area contributed by atoms with Gasteiger partial charge in [0, 0.05) is 34.3 Å². The number of nitrogens with zero attached hydrogens (tertiary/aromatic N) is 1. The first-order valence-corrected chi connectivity index (χ1v) is 6.12. The lowest BCUT2D eigenvalue weighted by Gasteiger charge is -2.05. The highest BCUT2D eigenvalue weighted by Gasteiger charge is 2.09. The predicted molar refractivity (Wildman–Crippen MR) is 77.4 cm³/mol. The summed E-state index contributed by atoms with van der Waals surface area (Å²) in [7, 11) is 0. The molecule has 0 aliphatic rings. The standard InChI is InChI=1S/C17H12N2/c18-11-10-14(13-6-2-1-3-7-13)16-12-19-17-9-5-4-8-15(16)17/h1-10,12,19H/b14-10-. The zero-order valence-corrected chi connectivity index (χ0v) is 10.3. The molecule has 0 saturated carbocycles. The minimum absolute atomic E-state index is 0.945. The zero-order valence-electron chi connectivity index (χ0n) is 10.3. The second-order valence-corrected chi connectivity index (χ2v) is 4.30. The van der Waals surface area contributed by atoms with Crippen LogP contribution in [0.25, 0.3) is 16.5 Å². The van der Waals surface area contributed by atoms with Gasteiger partial charge in [-0.05, 0) is 11.6 Å². The van der Waals surface area contributed by atoms with Crippen molar-refractivity contribution in [1.82, 2.24) is 4.98 Å². The van der Waals surface area contributed by atoms with E-state index in [2.05, 4.69) is 17.1 Å². The predicted octanol–water partition coefficient (Wildman–Crippen LogP) is 4.12. The summed E-state index contributed by atoms with van der Waals surface area (Å²) in [5.74, 6) is 0. The molecule has 2 heteroatoms. The highest BCUT2D eigenvalue weighted by molar-refractivity contribution is 5.97. The van der Waals surface area contributed by atoms with Crippen molar-refractivity contribution in [2.24, 2.45) is 0 Å². The molecule has 2 nitrogen and oxygen atoms in total. The van der Waals surface area contributed by atoms with Crippen molar-refractivity contribution in [3.63, 3.8) is 0 Å². The Hall–Kier alpha value is -2.79. The van der Waals surface area contributed by atoms with Crippen LogP contribution in [0.15, 0.2) is 66.9 Å². The van der Waals surface area contributed by atoms with Crippen LogP contribution in [0, 0.1) is 11.3 Å². The van der Waals surface area contributed by atoms with E-state index < -0.39 is 0 Å². The third kappa shape index (κ3) is 2.02. The smallest absolute Gasteiger partial charge is 0.0918 e. The van der Waals surface area contributed by atoms with Crippen molar-refractivity contribution in [1.29, 1.82) is 5.26 Å². The number of para-hydroxylation sites is 1. The first-order chi connectivity index (χ1) is 9.40. The van der Waals surface area contributed by atoms with Gasteiger partial charge in [-0.1, -0.05) is 48.5 Å². The number of fused-ring (bicyclic) bond motifs is 1. The summed E-state index contributed by atoms with van der Waals surface area (Å²) in [6.45, 7) is 0. The van der Waals surface area contributed by atoms with Gasteiger partial charge < -0.3 is 4.98 Å². The Morgan fingerprint density at radius 2 is 1.74 bits per heavy atom. The zero-order chi connectivity index (χ0) is 13.1. The van der Waals surface area contributed by atoms with Gasteiger partial charge in [-0.3, -0.25) is 0 Å². The topological polar surface area (TPSA) is 39.6 Å². The highest BCUT2D eigenvalue weighted by Crippen LogP contribution is 2.29. The summed E-state index contributed by atoms with van der Waals surface area (Å²) in [6, 6.07) is 20.2. The number of nitriles is 1. The van der Waals surface area contributed by atoms with Crippen LogP contribution in [0.5, 0.6) is 0 Å². The summed E-state index contributed by atoms with van der Waals surface area (Å²) in [5.41, 5.74) is 4.13. The molecule has 0 radical (unpaired) electrons. The molecular formula is C17H12N2. The Morgan fingerprint density at radius 3 is 2.53 bits per heavy atom. The summed E-state index contributed by atoms with van der Waals surface area (Å²) < 4.78 is 0. The van der Waals surface area contributed by atoms with Gasteiger partial charge in [0.1, 0.15) is 0 Å². The summed E-state index contributed by atoms with van der Waals surface area (Å²) in [6.07, 6.45) is 3.56. The molecule has 2 aromatic carbocycles. The molecule has 0 bridgehead atoms. The SMILES string of the molecule is N#C/C=C(/c1ccccc1)c1c[nH]c2ccccc12. The molecule has 0 spiro atoms. The maximum atomic E-state index is 9.03. The molecule has 0 unspecified atom stereocenters. The van der Waals surface area contributed by atoms with Crippen LogP contribution >= 0.6 is 0 Å². The van der Waals surface area contributed by atoms with E-state index in [1.54, 1.807) is 6.08 Å². The molecule has 1 N–H and O–H groups in total. The van der Waals surface area contributed by atoms with Gasteiger partial charge in [0.05, 0.1) is 6.07 Å². The van der Waals surface area contributed by atoms with Crippen LogP contribution < -0.4 is 0 Å². The maximum absolute atomic E-state index is 9.03. The molecule has 1 heterocycles. The first kappa shape index (κ1) is 11.3. The van der Waals surface area contributed by atoms with Gasteiger partial charge in [0.25, 0.3) is 0 Å². The van der Waals surface area contributed by atoms with Crippen LogP contribution in [-0.2, 0) is 0 Å². The van der Waals surface area contributed by atoms with E-state index in [0.29, 0.717) is 0 Å². The van der Waals surface area contributed by atoms with Gasteiger partial charge in [-0.2, -0.15) is 5.26 Å². The summed E-state index contributed by atoms with van der Waals surface area (Å²) in [4.78, 5) is 3.25. The number of hydrogen-bond donors (Lipinski definition) is 1. The van der Waals surface area contributed by atoms with Crippen molar-refractivity contribution in [2.75, 3.05) is 0 Å². The number of benzene rings is 2. The Balaban J connectivity index is 2.23. The maximum Gasteiger partial charge on any atom is 0.0918 e. The van der Waals surface area contributed by atoms with E-state index in [9.17, 15) is 0 Å². The van der Waals surface area contributed by atoms with Crippen molar-refractivity contribution in [2.45, 2.75) is 0 Å². The van der Waals surface area contributed by atoms with Gasteiger partial charge in [-0.25, -0.2) is 0 Å². The lowest BCUT2D eigenvalue weighted by molar-refractivity contribution is 1.46. The molecule has 0 amide bonds. The van der Waals surface area contributed by atoms with E-state index in [1.807, 2.05) is 54.7 Å². The molecular weight excluding hydrogens is 232 g/mol. The van der Waals surface area contributed by atoms with Gasteiger partial charge >= 0.3 is 0 Å². The summed E-state index contributed by atoms with van der Waals surface area (Å²) in [5, 5.41) is 10.2. The third-order valence-electron chi connectivity index (χ3n) is 3.17. The average molecular weight is 244 g/mol. The lowest BCUT2D eigenvalue weighted by atomic mass is 9.97. The fourth-order valence-corrected chi connectivity index (χ4v) is 2.29. The average Bonchev–Trinajstić information content (AvgIpc) is 2.89. The molecule has 0 aliphatic heterocycles. The van der Waals surface area contributed by atoms with Gasteiger partial charge in [-0.15, -0.1) is 0 Å². The van der Waals surface area contributed by atoms with E-state index >= 15 is 0 Å². The van der Waals surface area contributed by atoms with Crippen molar-refractivity contribution < 1.29 is 0 Å². The molecule has 0 atom stereocenters. The van der Waals surface area contributed by atoms with Crippen LogP contribution in [0.2, 0.25) is 0 Å². The van der Waals surface area contributed by atoms with E-state index in [1.165, 1.54) is 0 Å². The Morgan fingerprint density at radius 1 is 1.00 bits per heavy atom. The Kier molecular flexibility index (Phi) is 2.88. The lowest BCUT2D eigenvalue weighted by Crippen LogP contribution is -1.86. The number of aromatic amines is 1. The minimum atomic E-state index is 0.945. The van der Waals surface area contributed by atoms with E-state index in [0.717, 1.165) is 27.6 Å². The first-order valence-electron chi connectivity index (χ1n) is 6.12. The second-order valence-electron chi connectivity index (χ2n) is 4.30. The molecule has 1 aromatic heterocycles. The van der Waals surface area contributed by atoms with Crippen LogP contribution in [0.1, 0.15) is 11.1 Å². The minimum Gasteiger partial charge on any atom is -0.361 e. The van der Waals surface area contributed by atoms with E-state index in [-0.39, 0.29) is 0 Å². The quantitative estimate of drug-likeness (QED) is 0.676. The Bertz CT molecular complexity index is 774. The number of rotatable bonds is 2. The molecule has 3 aromatic rings. The molecule has 19 heavy (non-hydrogen) atoms. The van der Waals surface area contributed by atoms with Crippen LogP contribution in [0.3, 0.4) is 0 Å². The molecule has 3 rings (SSSR count). The fraction of sp³-hybridized carbons (Fsp3) is 0. The number of allylic oxidation sites excluding steroid dienone is 1. The third-order valence-corrected chi connectivity index (χ3v) is 3.17. The number of nitrogens with one attached hydrogen (secondary N) is 1. The van der Waals surface area contributed by atoms with E-state index in [4.69, 9.17) is 5.26 Å². The van der Waals surface area contributed by atoms with Crippen molar-refractivity contribution in [3.05, 3.63) is 78.0 Å².